The Morgan fingerprint density at radius 3 is 2.44 bits per heavy atom. The van der Waals surface area contributed by atoms with E-state index < -0.39 is 0 Å². The second-order valence-corrected chi connectivity index (χ2v) is 5.66. The largest absolute Gasteiger partial charge is 0.492 e. The Morgan fingerprint density at radius 1 is 1.12 bits per heavy atom. The first-order valence-electron chi connectivity index (χ1n) is 8.06. The van der Waals surface area contributed by atoms with E-state index in [1.165, 1.54) is 0 Å². The number of benzene rings is 2. The van der Waals surface area contributed by atoms with Crippen molar-refractivity contribution in [3.63, 3.8) is 0 Å². The van der Waals surface area contributed by atoms with Gasteiger partial charge in [0, 0.05) is 17.8 Å². The quantitative estimate of drug-likeness (QED) is 0.752. The highest BCUT2D eigenvalue weighted by atomic mass is 35.5. The molecule has 0 bridgehead atoms. The zero-order valence-corrected chi connectivity index (χ0v) is 15.3. The predicted molar refractivity (Wildman–Crippen MR) is 103 cm³/mol. The van der Waals surface area contributed by atoms with Gasteiger partial charge in [0.2, 0.25) is 5.91 Å². The number of para-hydroxylation sites is 1. The lowest BCUT2D eigenvalue weighted by Crippen LogP contribution is -2.16. The van der Waals surface area contributed by atoms with Gasteiger partial charge in [-0.25, -0.2) is 0 Å². The van der Waals surface area contributed by atoms with Crippen LogP contribution in [0.15, 0.2) is 48.5 Å². The molecule has 0 unspecified atom stereocenters. The molecule has 3 N–H and O–H groups in total. The number of carbonyl (C=O) groups is 1. The van der Waals surface area contributed by atoms with Gasteiger partial charge < -0.3 is 20.5 Å². The molecule has 1 amide bonds. The van der Waals surface area contributed by atoms with Crippen molar-refractivity contribution >= 4 is 24.0 Å². The summed E-state index contributed by atoms with van der Waals surface area (Å²) in [6, 6.07) is 14.8. The van der Waals surface area contributed by atoms with Crippen molar-refractivity contribution in [1.82, 2.24) is 0 Å². The summed E-state index contributed by atoms with van der Waals surface area (Å²) in [4.78, 5) is 12.3. The number of halogens is 1. The monoisotopic (exact) mass is 364 g/mol. The zero-order chi connectivity index (χ0) is 17.4. The molecule has 0 spiro atoms. The van der Waals surface area contributed by atoms with Gasteiger partial charge in [-0.05, 0) is 44.2 Å². The van der Waals surface area contributed by atoms with Gasteiger partial charge in [-0.3, -0.25) is 4.79 Å². The van der Waals surface area contributed by atoms with Crippen LogP contribution in [0.5, 0.6) is 11.5 Å². The Balaban J connectivity index is 0.00000312. The van der Waals surface area contributed by atoms with Gasteiger partial charge in [0.25, 0.3) is 0 Å². The van der Waals surface area contributed by atoms with Gasteiger partial charge in [-0.2, -0.15) is 0 Å². The maximum atomic E-state index is 12.3. The molecule has 0 saturated heterocycles. The van der Waals surface area contributed by atoms with Gasteiger partial charge >= 0.3 is 0 Å². The average Bonchev–Trinajstić information content (AvgIpc) is 2.55. The normalized spacial score (nSPS) is 10.1. The molecule has 2 aromatic carbocycles. The molecular formula is C19H25ClN2O3. The van der Waals surface area contributed by atoms with Crippen LogP contribution in [0, 0.1) is 0 Å². The van der Waals surface area contributed by atoms with Crippen molar-refractivity contribution in [2.24, 2.45) is 5.73 Å². The maximum Gasteiger partial charge on any atom is 0.228 e. The van der Waals surface area contributed by atoms with E-state index >= 15 is 0 Å². The number of carbonyl (C=O) groups excluding carboxylic acids is 1. The Kier molecular flexibility index (Phi) is 8.81. The summed E-state index contributed by atoms with van der Waals surface area (Å²) in [5, 5.41) is 2.88. The lowest BCUT2D eigenvalue weighted by molar-refractivity contribution is -0.115. The van der Waals surface area contributed by atoms with E-state index in [9.17, 15) is 4.79 Å². The van der Waals surface area contributed by atoms with Gasteiger partial charge in [0.05, 0.1) is 12.5 Å². The van der Waals surface area contributed by atoms with Gasteiger partial charge in [0.15, 0.2) is 0 Å². The summed E-state index contributed by atoms with van der Waals surface area (Å²) in [6.07, 6.45) is 0.323. The third-order valence-electron chi connectivity index (χ3n) is 3.21. The number of rotatable bonds is 8. The highest BCUT2D eigenvalue weighted by molar-refractivity contribution is 5.92. The first kappa shape index (κ1) is 20.8. The second kappa shape index (κ2) is 10.6. The fraction of sp³-hybridized carbons (Fsp3) is 0.316. The Bertz CT molecular complexity index is 660. The highest BCUT2D eigenvalue weighted by Gasteiger charge is 2.10. The Labute approximate surface area is 154 Å². The zero-order valence-electron chi connectivity index (χ0n) is 14.5. The third-order valence-corrected chi connectivity index (χ3v) is 3.21. The van der Waals surface area contributed by atoms with Crippen LogP contribution < -0.4 is 20.5 Å². The van der Waals surface area contributed by atoms with E-state index in [2.05, 4.69) is 5.32 Å². The molecular weight excluding hydrogens is 340 g/mol. The summed E-state index contributed by atoms with van der Waals surface area (Å²) in [5.41, 5.74) is 6.99. The van der Waals surface area contributed by atoms with Crippen molar-refractivity contribution in [1.29, 1.82) is 0 Å². The fourth-order valence-corrected chi connectivity index (χ4v) is 2.21. The summed E-state index contributed by atoms with van der Waals surface area (Å²) in [5.74, 6) is 1.38. The number of anilines is 1. The number of ether oxygens (including phenoxy) is 2. The Morgan fingerprint density at radius 2 is 1.80 bits per heavy atom. The molecule has 0 radical (unpaired) electrons. The maximum absolute atomic E-state index is 12.3. The van der Waals surface area contributed by atoms with Crippen LogP contribution in [-0.2, 0) is 11.2 Å². The van der Waals surface area contributed by atoms with Crippen LogP contribution >= 0.6 is 12.4 Å². The smallest absolute Gasteiger partial charge is 0.228 e. The van der Waals surface area contributed by atoms with Crippen LogP contribution in [0.4, 0.5) is 5.69 Å². The summed E-state index contributed by atoms with van der Waals surface area (Å²) in [6.45, 7) is 4.87. The van der Waals surface area contributed by atoms with E-state index in [1.54, 1.807) is 24.3 Å². The first-order chi connectivity index (χ1) is 11.6. The van der Waals surface area contributed by atoms with E-state index in [0.29, 0.717) is 13.2 Å². The van der Waals surface area contributed by atoms with Crippen molar-refractivity contribution < 1.29 is 14.3 Å². The Hall–Kier alpha value is -2.24. The summed E-state index contributed by atoms with van der Waals surface area (Å²) < 4.78 is 11.2. The lowest BCUT2D eigenvalue weighted by Gasteiger charge is -2.14. The topological polar surface area (TPSA) is 73.6 Å². The number of nitrogens with one attached hydrogen (secondary N) is 1. The minimum absolute atomic E-state index is 0. The molecule has 2 aromatic rings. The fourth-order valence-electron chi connectivity index (χ4n) is 2.21. The molecule has 0 aromatic heterocycles. The van der Waals surface area contributed by atoms with Crippen molar-refractivity contribution in [2.45, 2.75) is 26.4 Å². The SMILES string of the molecule is CC(C)Oc1ccccc1CC(=O)Nc1ccc(OCCN)cc1.Cl. The molecule has 0 aliphatic carbocycles. The van der Waals surface area contributed by atoms with E-state index in [-0.39, 0.29) is 30.8 Å². The first-order valence-corrected chi connectivity index (χ1v) is 8.06. The third kappa shape index (κ3) is 7.03. The van der Waals surface area contributed by atoms with E-state index in [4.69, 9.17) is 15.2 Å². The van der Waals surface area contributed by atoms with Gasteiger partial charge in [-0.1, -0.05) is 18.2 Å². The molecule has 0 fully saturated rings. The van der Waals surface area contributed by atoms with Crippen molar-refractivity contribution in [3.8, 4) is 11.5 Å². The van der Waals surface area contributed by atoms with Gasteiger partial charge in [0.1, 0.15) is 18.1 Å². The van der Waals surface area contributed by atoms with Crippen LogP contribution in [0.2, 0.25) is 0 Å². The molecule has 136 valence electrons. The molecule has 0 aliphatic rings. The second-order valence-electron chi connectivity index (χ2n) is 5.66. The van der Waals surface area contributed by atoms with Crippen molar-refractivity contribution in [2.75, 3.05) is 18.5 Å². The summed E-state index contributed by atoms with van der Waals surface area (Å²) in [7, 11) is 0. The van der Waals surface area contributed by atoms with Gasteiger partial charge in [-0.15, -0.1) is 12.4 Å². The number of nitrogens with two attached hydrogens (primary N) is 1. The number of amides is 1. The van der Waals surface area contributed by atoms with Crippen LogP contribution in [-0.4, -0.2) is 25.2 Å². The van der Waals surface area contributed by atoms with E-state index in [1.807, 2.05) is 38.1 Å². The minimum Gasteiger partial charge on any atom is -0.492 e. The van der Waals surface area contributed by atoms with Crippen LogP contribution in [0.1, 0.15) is 19.4 Å². The predicted octanol–water partition coefficient (Wildman–Crippen LogP) is 3.41. The minimum atomic E-state index is -0.0922. The number of hydrogen-bond donors (Lipinski definition) is 2. The summed E-state index contributed by atoms with van der Waals surface area (Å²) >= 11 is 0. The average molecular weight is 365 g/mol. The number of hydrogen-bond acceptors (Lipinski definition) is 4. The lowest BCUT2D eigenvalue weighted by atomic mass is 10.1. The highest BCUT2D eigenvalue weighted by Crippen LogP contribution is 2.21. The molecule has 2 rings (SSSR count). The molecule has 0 atom stereocenters. The van der Waals surface area contributed by atoms with Crippen molar-refractivity contribution in [3.05, 3.63) is 54.1 Å². The standard InChI is InChI=1S/C19H24N2O3.ClH/c1-14(2)24-18-6-4-3-5-15(18)13-19(22)21-16-7-9-17(10-8-16)23-12-11-20;/h3-10,14H,11-13,20H2,1-2H3,(H,21,22);1H. The molecule has 0 aliphatic heterocycles. The molecule has 25 heavy (non-hydrogen) atoms. The van der Waals surface area contributed by atoms with E-state index in [0.717, 1.165) is 22.7 Å². The van der Waals surface area contributed by atoms with Crippen LogP contribution in [0.25, 0.3) is 0 Å². The molecule has 0 saturated carbocycles. The van der Waals surface area contributed by atoms with Crippen LogP contribution in [0.3, 0.4) is 0 Å². The molecule has 0 heterocycles. The molecule has 6 heteroatoms. The molecule has 5 nitrogen and oxygen atoms in total.